The first kappa shape index (κ1) is 20.2. The first-order valence-corrected chi connectivity index (χ1v) is 10.1. The Hall–Kier alpha value is -3.07. The molecule has 2 aromatic heterocycles. The highest BCUT2D eigenvalue weighted by Crippen LogP contribution is 2.38. The van der Waals surface area contributed by atoms with E-state index in [2.05, 4.69) is 15.3 Å². The second kappa shape index (κ2) is 8.35. The third kappa shape index (κ3) is 3.97. The number of thiazole rings is 1. The molecule has 0 atom stereocenters. The van der Waals surface area contributed by atoms with Gasteiger partial charge in [0.15, 0.2) is 22.3 Å². The Bertz CT molecular complexity index is 1260. The summed E-state index contributed by atoms with van der Waals surface area (Å²) in [6, 6.07) is 11.8. The van der Waals surface area contributed by atoms with Gasteiger partial charge in [0.25, 0.3) is 5.91 Å². The van der Waals surface area contributed by atoms with Gasteiger partial charge < -0.3 is 14.6 Å². The van der Waals surface area contributed by atoms with Crippen LogP contribution in [0.15, 0.2) is 48.7 Å². The van der Waals surface area contributed by atoms with Crippen LogP contribution < -0.4 is 14.8 Å². The zero-order valence-corrected chi connectivity index (χ0v) is 17.7. The van der Waals surface area contributed by atoms with Crippen LogP contribution in [0.2, 0.25) is 10.0 Å². The highest BCUT2D eigenvalue weighted by atomic mass is 35.5. The van der Waals surface area contributed by atoms with Gasteiger partial charge in [-0.05, 0) is 18.2 Å². The number of amides is 1. The molecule has 0 unspecified atom stereocenters. The van der Waals surface area contributed by atoms with Gasteiger partial charge in [0.1, 0.15) is 11.5 Å². The van der Waals surface area contributed by atoms with Crippen molar-refractivity contribution in [1.29, 1.82) is 0 Å². The van der Waals surface area contributed by atoms with Crippen molar-refractivity contribution < 1.29 is 19.4 Å². The van der Waals surface area contributed by atoms with Crippen LogP contribution in [0.5, 0.6) is 23.0 Å². The molecule has 4 rings (SSSR count). The molecule has 0 aliphatic carbocycles. The zero-order chi connectivity index (χ0) is 21.3. The van der Waals surface area contributed by atoms with E-state index in [0.717, 1.165) is 4.70 Å². The van der Waals surface area contributed by atoms with E-state index in [1.54, 1.807) is 36.4 Å². The molecule has 0 aliphatic heterocycles. The van der Waals surface area contributed by atoms with Crippen LogP contribution in [0.4, 0.5) is 5.13 Å². The fourth-order valence-corrected chi connectivity index (χ4v) is 3.87. The minimum absolute atomic E-state index is 0.146. The maximum absolute atomic E-state index is 12.5. The average Bonchev–Trinajstić information content (AvgIpc) is 3.10. The largest absolute Gasteiger partial charge is 0.503 e. The summed E-state index contributed by atoms with van der Waals surface area (Å²) >= 11 is 13.7. The molecule has 0 radical (unpaired) electrons. The molecule has 0 aliphatic rings. The fourth-order valence-electron chi connectivity index (χ4n) is 2.63. The van der Waals surface area contributed by atoms with E-state index in [1.807, 2.05) is 0 Å². The lowest BCUT2D eigenvalue weighted by molar-refractivity contribution is 0.101. The molecule has 4 aromatic rings. The van der Waals surface area contributed by atoms with Crippen LogP contribution in [0.25, 0.3) is 10.2 Å². The molecule has 0 fully saturated rings. The van der Waals surface area contributed by atoms with Gasteiger partial charge in [-0.2, -0.15) is 0 Å². The van der Waals surface area contributed by atoms with Crippen LogP contribution in [0, 0.1) is 0 Å². The van der Waals surface area contributed by atoms with Crippen molar-refractivity contribution in [2.45, 2.75) is 0 Å². The average molecular weight is 462 g/mol. The summed E-state index contributed by atoms with van der Waals surface area (Å²) in [5, 5.41) is 13.8. The number of aromatic nitrogens is 2. The highest BCUT2D eigenvalue weighted by molar-refractivity contribution is 7.22. The van der Waals surface area contributed by atoms with Gasteiger partial charge in [-0.25, -0.2) is 9.97 Å². The van der Waals surface area contributed by atoms with E-state index in [-0.39, 0.29) is 17.2 Å². The number of pyridine rings is 1. The molecule has 10 heteroatoms. The normalized spacial score (nSPS) is 10.8. The van der Waals surface area contributed by atoms with Crippen molar-refractivity contribution in [3.63, 3.8) is 0 Å². The van der Waals surface area contributed by atoms with Crippen LogP contribution in [-0.4, -0.2) is 28.1 Å². The number of nitrogens with one attached hydrogen (secondary N) is 1. The van der Waals surface area contributed by atoms with Gasteiger partial charge in [-0.15, -0.1) is 0 Å². The predicted molar refractivity (Wildman–Crippen MR) is 117 cm³/mol. The molecule has 0 saturated heterocycles. The number of carbonyl (C=O) groups is 1. The summed E-state index contributed by atoms with van der Waals surface area (Å²) in [6.45, 7) is 0. The maximum atomic E-state index is 12.5. The molecule has 30 heavy (non-hydrogen) atoms. The lowest BCUT2D eigenvalue weighted by Gasteiger charge is -2.08. The van der Waals surface area contributed by atoms with Crippen molar-refractivity contribution in [1.82, 2.24) is 9.97 Å². The van der Waals surface area contributed by atoms with Gasteiger partial charge in [-0.1, -0.05) is 46.7 Å². The number of ether oxygens (including phenoxy) is 2. The van der Waals surface area contributed by atoms with E-state index in [0.29, 0.717) is 32.2 Å². The quantitative estimate of drug-likeness (QED) is 0.392. The van der Waals surface area contributed by atoms with E-state index in [4.69, 9.17) is 32.7 Å². The van der Waals surface area contributed by atoms with Gasteiger partial charge in [-0.3, -0.25) is 10.1 Å². The van der Waals surface area contributed by atoms with Gasteiger partial charge in [0.05, 0.1) is 27.4 Å². The summed E-state index contributed by atoms with van der Waals surface area (Å²) in [6.07, 6.45) is 1.36. The van der Waals surface area contributed by atoms with Gasteiger partial charge in [0, 0.05) is 18.3 Å². The number of aromatic hydroxyl groups is 1. The number of para-hydroxylation sites is 1. The van der Waals surface area contributed by atoms with Crippen molar-refractivity contribution >= 4 is 55.8 Å². The first-order valence-electron chi connectivity index (χ1n) is 8.52. The maximum Gasteiger partial charge on any atom is 0.280 e. The minimum Gasteiger partial charge on any atom is -0.503 e. The smallest absolute Gasteiger partial charge is 0.280 e. The Morgan fingerprint density at radius 3 is 2.67 bits per heavy atom. The minimum atomic E-state index is -0.621. The Morgan fingerprint density at radius 1 is 1.10 bits per heavy atom. The fraction of sp³-hybridized carbons (Fsp3) is 0.0500. The summed E-state index contributed by atoms with van der Waals surface area (Å²) in [5.41, 5.74) is 0.406. The molecule has 0 bridgehead atoms. The number of methoxy groups -OCH3 is 1. The molecule has 1 amide bonds. The van der Waals surface area contributed by atoms with E-state index < -0.39 is 5.91 Å². The van der Waals surface area contributed by atoms with Crippen molar-refractivity contribution in [2.75, 3.05) is 12.4 Å². The number of rotatable bonds is 5. The van der Waals surface area contributed by atoms with E-state index in [1.165, 1.54) is 30.7 Å². The molecular weight excluding hydrogens is 449 g/mol. The molecule has 2 N–H and O–H groups in total. The number of hydrogen-bond donors (Lipinski definition) is 2. The van der Waals surface area contributed by atoms with Crippen molar-refractivity contribution in [3.8, 4) is 23.0 Å². The number of nitrogens with zero attached hydrogens (tertiary/aromatic N) is 2. The standard InChI is InChI=1S/C20H13Cl2N3O4S/c1-28-14-6-7-23-17(18(14)26)19(27)25-20-24-12-8-11(22)15(9-16(12)30-20)29-13-5-3-2-4-10(13)21/h2-9,26H,1H3,(H,24,25,27). The number of benzene rings is 2. The van der Waals surface area contributed by atoms with E-state index in [9.17, 15) is 9.90 Å². The van der Waals surface area contributed by atoms with Crippen molar-refractivity contribution in [3.05, 3.63) is 64.4 Å². The zero-order valence-electron chi connectivity index (χ0n) is 15.3. The molecular formula is C20H13Cl2N3O4S. The van der Waals surface area contributed by atoms with Gasteiger partial charge >= 0.3 is 0 Å². The SMILES string of the molecule is COc1ccnc(C(=O)Nc2nc3cc(Cl)c(Oc4ccccc4Cl)cc3s2)c1O. The second-order valence-electron chi connectivity index (χ2n) is 5.97. The molecule has 0 spiro atoms. The third-order valence-electron chi connectivity index (χ3n) is 4.04. The molecule has 152 valence electrons. The second-order valence-corrected chi connectivity index (χ2v) is 7.81. The molecule has 2 aromatic carbocycles. The van der Waals surface area contributed by atoms with E-state index >= 15 is 0 Å². The molecule has 7 nitrogen and oxygen atoms in total. The number of hydrogen-bond acceptors (Lipinski definition) is 7. The summed E-state index contributed by atoms with van der Waals surface area (Å²) in [7, 11) is 1.39. The topological polar surface area (TPSA) is 93.6 Å². The Morgan fingerprint density at radius 2 is 1.90 bits per heavy atom. The predicted octanol–water partition coefficient (Wildman–Crippen LogP) is 5.76. The first-order chi connectivity index (χ1) is 14.5. The third-order valence-corrected chi connectivity index (χ3v) is 5.58. The lowest BCUT2D eigenvalue weighted by atomic mass is 10.3. The molecule has 2 heterocycles. The summed E-state index contributed by atoms with van der Waals surface area (Å²) in [4.78, 5) is 20.8. The van der Waals surface area contributed by atoms with Gasteiger partial charge in [0.2, 0.25) is 0 Å². The Labute approximate surface area is 184 Å². The Balaban J connectivity index is 1.61. The van der Waals surface area contributed by atoms with Crippen LogP contribution in [0.1, 0.15) is 10.5 Å². The monoisotopic (exact) mass is 461 g/mol. The Kier molecular flexibility index (Phi) is 5.63. The molecule has 0 saturated carbocycles. The van der Waals surface area contributed by atoms with Crippen molar-refractivity contribution in [2.24, 2.45) is 0 Å². The van der Waals surface area contributed by atoms with Crippen LogP contribution >= 0.6 is 34.5 Å². The number of fused-ring (bicyclic) bond motifs is 1. The summed E-state index contributed by atoms with van der Waals surface area (Å²) in [5.74, 6) is 0.0534. The number of carbonyl (C=O) groups excluding carboxylic acids is 1. The number of halogens is 2. The van der Waals surface area contributed by atoms with Crippen LogP contribution in [0.3, 0.4) is 0 Å². The lowest BCUT2D eigenvalue weighted by Crippen LogP contribution is -2.13. The number of anilines is 1. The van der Waals surface area contributed by atoms with Crippen LogP contribution in [-0.2, 0) is 0 Å². The highest BCUT2D eigenvalue weighted by Gasteiger charge is 2.19. The summed E-state index contributed by atoms with van der Waals surface area (Å²) < 4.78 is 11.6.